The number of amides is 1. The number of anilines is 1. The number of nitrogens with zero attached hydrogens (tertiary/aromatic N) is 2. The Morgan fingerprint density at radius 1 is 1.15 bits per heavy atom. The minimum Gasteiger partial charge on any atom is -0.454 e. The molecule has 1 aliphatic rings. The van der Waals surface area contributed by atoms with Gasteiger partial charge in [0.05, 0.1) is 5.92 Å². The van der Waals surface area contributed by atoms with Crippen molar-refractivity contribution < 1.29 is 14.3 Å². The molecule has 0 radical (unpaired) electrons. The molecule has 0 aliphatic carbocycles. The van der Waals surface area contributed by atoms with Gasteiger partial charge >= 0.3 is 0 Å². The van der Waals surface area contributed by atoms with Crippen LogP contribution in [0.1, 0.15) is 24.8 Å². The lowest BCUT2D eigenvalue weighted by Gasteiger charge is -2.13. The van der Waals surface area contributed by atoms with Gasteiger partial charge < -0.3 is 9.47 Å². The fraction of sp³-hybridized carbons (Fsp3) is 0.211. The highest BCUT2D eigenvalue weighted by Gasteiger charge is 2.21. The summed E-state index contributed by atoms with van der Waals surface area (Å²) >= 11 is 1.33. The summed E-state index contributed by atoms with van der Waals surface area (Å²) < 4.78 is 10.7. The van der Waals surface area contributed by atoms with Gasteiger partial charge in [0.2, 0.25) is 17.8 Å². The quantitative estimate of drug-likeness (QED) is 0.736. The number of carbonyl (C=O) groups excluding carboxylic acids is 1. The number of ether oxygens (including phenoxy) is 2. The van der Waals surface area contributed by atoms with Crippen LogP contribution in [0.2, 0.25) is 0 Å². The van der Waals surface area contributed by atoms with E-state index in [9.17, 15) is 4.79 Å². The Bertz CT molecular complexity index is 927. The Balaban J connectivity index is 1.50. The van der Waals surface area contributed by atoms with Crippen molar-refractivity contribution in [2.24, 2.45) is 0 Å². The molecule has 0 saturated heterocycles. The zero-order valence-electron chi connectivity index (χ0n) is 14.1. The van der Waals surface area contributed by atoms with Crippen LogP contribution in [-0.2, 0) is 4.79 Å². The summed E-state index contributed by atoms with van der Waals surface area (Å²) in [5, 5.41) is 12.4. The first kappa shape index (κ1) is 16.5. The van der Waals surface area contributed by atoms with Crippen LogP contribution >= 0.6 is 11.3 Å². The van der Waals surface area contributed by atoms with E-state index in [-0.39, 0.29) is 18.6 Å². The zero-order valence-corrected chi connectivity index (χ0v) is 15.0. The van der Waals surface area contributed by atoms with Gasteiger partial charge in [0.1, 0.15) is 5.01 Å². The molecule has 1 N–H and O–H groups in total. The first-order chi connectivity index (χ1) is 12.7. The van der Waals surface area contributed by atoms with E-state index >= 15 is 0 Å². The van der Waals surface area contributed by atoms with Gasteiger partial charge in [-0.1, -0.05) is 48.6 Å². The van der Waals surface area contributed by atoms with Crippen molar-refractivity contribution in [1.82, 2.24) is 10.2 Å². The van der Waals surface area contributed by atoms with E-state index in [0.717, 1.165) is 16.9 Å². The number of hydrogen-bond acceptors (Lipinski definition) is 6. The van der Waals surface area contributed by atoms with Gasteiger partial charge in [-0.3, -0.25) is 10.1 Å². The SMILES string of the molecule is CCC(C(=O)Nc1nnc(-c2ccc3c(c2)OCO3)s1)c1ccccc1. The molecule has 1 unspecified atom stereocenters. The van der Waals surface area contributed by atoms with E-state index in [4.69, 9.17) is 9.47 Å². The number of hydrogen-bond donors (Lipinski definition) is 1. The maximum absolute atomic E-state index is 12.6. The van der Waals surface area contributed by atoms with Crippen LogP contribution in [0.25, 0.3) is 10.6 Å². The molecule has 4 rings (SSSR count). The van der Waals surface area contributed by atoms with E-state index in [1.165, 1.54) is 11.3 Å². The van der Waals surface area contributed by atoms with E-state index in [1.54, 1.807) is 0 Å². The number of benzene rings is 2. The second-order valence-electron chi connectivity index (χ2n) is 5.84. The summed E-state index contributed by atoms with van der Waals surface area (Å²) in [6, 6.07) is 15.4. The molecule has 2 heterocycles. The fourth-order valence-electron chi connectivity index (χ4n) is 2.87. The summed E-state index contributed by atoms with van der Waals surface area (Å²) in [7, 11) is 0. The Morgan fingerprint density at radius 3 is 2.77 bits per heavy atom. The summed E-state index contributed by atoms with van der Waals surface area (Å²) in [5.74, 6) is 1.13. The van der Waals surface area contributed by atoms with E-state index in [2.05, 4.69) is 15.5 Å². The Kier molecular flexibility index (Phi) is 4.53. The van der Waals surface area contributed by atoms with Crippen LogP contribution in [0.15, 0.2) is 48.5 Å². The minimum absolute atomic E-state index is 0.0768. The van der Waals surface area contributed by atoms with E-state index in [1.807, 2.05) is 55.5 Å². The topological polar surface area (TPSA) is 73.3 Å². The van der Waals surface area contributed by atoms with Crippen LogP contribution < -0.4 is 14.8 Å². The number of fused-ring (bicyclic) bond motifs is 1. The zero-order chi connectivity index (χ0) is 17.9. The molecule has 26 heavy (non-hydrogen) atoms. The van der Waals surface area contributed by atoms with Crippen molar-refractivity contribution in [2.75, 3.05) is 12.1 Å². The van der Waals surface area contributed by atoms with Crippen molar-refractivity contribution in [3.63, 3.8) is 0 Å². The number of carbonyl (C=O) groups is 1. The molecule has 0 bridgehead atoms. The number of rotatable bonds is 5. The molecule has 0 saturated carbocycles. The highest BCUT2D eigenvalue weighted by atomic mass is 32.1. The lowest BCUT2D eigenvalue weighted by Crippen LogP contribution is -2.20. The van der Waals surface area contributed by atoms with Crippen molar-refractivity contribution in [1.29, 1.82) is 0 Å². The van der Waals surface area contributed by atoms with E-state index < -0.39 is 0 Å². The van der Waals surface area contributed by atoms with E-state index in [0.29, 0.717) is 22.3 Å². The number of aromatic nitrogens is 2. The molecule has 132 valence electrons. The molecule has 3 aromatic rings. The third-order valence-corrected chi connectivity index (χ3v) is 5.09. The lowest BCUT2D eigenvalue weighted by molar-refractivity contribution is -0.117. The first-order valence-electron chi connectivity index (χ1n) is 8.34. The molecule has 1 aliphatic heterocycles. The smallest absolute Gasteiger partial charge is 0.233 e. The van der Waals surface area contributed by atoms with Gasteiger partial charge in [0.25, 0.3) is 0 Å². The second kappa shape index (κ2) is 7.13. The third kappa shape index (κ3) is 3.25. The molecule has 2 aromatic carbocycles. The Labute approximate surface area is 154 Å². The summed E-state index contributed by atoms with van der Waals surface area (Å²) in [6.45, 7) is 2.23. The average molecular weight is 367 g/mol. The molecule has 1 amide bonds. The highest BCUT2D eigenvalue weighted by Crippen LogP contribution is 2.37. The molecule has 6 nitrogen and oxygen atoms in total. The Morgan fingerprint density at radius 2 is 1.96 bits per heavy atom. The second-order valence-corrected chi connectivity index (χ2v) is 6.82. The molecular formula is C19H17N3O3S. The monoisotopic (exact) mass is 367 g/mol. The van der Waals surface area contributed by atoms with Crippen LogP contribution in [0.3, 0.4) is 0 Å². The van der Waals surface area contributed by atoms with Crippen LogP contribution in [0, 0.1) is 0 Å². The van der Waals surface area contributed by atoms with Crippen molar-refractivity contribution >= 4 is 22.4 Å². The predicted molar refractivity (Wildman–Crippen MR) is 99.6 cm³/mol. The largest absolute Gasteiger partial charge is 0.454 e. The minimum atomic E-state index is -0.214. The summed E-state index contributed by atoms with van der Waals surface area (Å²) in [4.78, 5) is 12.6. The van der Waals surface area contributed by atoms with Gasteiger partial charge in [-0.2, -0.15) is 0 Å². The Hall–Kier alpha value is -2.93. The average Bonchev–Trinajstić information content (AvgIpc) is 3.31. The molecule has 1 atom stereocenters. The molecule has 7 heteroatoms. The maximum atomic E-state index is 12.6. The maximum Gasteiger partial charge on any atom is 0.233 e. The lowest BCUT2D eigenvalue weighted by atomic mass is 9.96. The van der Waals surface area contributed by atoms with Crippen LogP contribution in [-0.4, -0.2) is 22.9 Å². The third-order valence-electron chi connectivity index (χ3n) is 4.20. The van der Waals surface area contributed by atoms with Gasteiger partial charge in [0.15, 0.2) is 11.5 Å². The van der Waals surface area contributed by atoms with Crippen molar-refractivity contribution in [3.05, 3.63) is 54.1 Å². The van der Waals surface area contributed by atoms with Crippen LogP contribution in [0.5, 0.6) is 11.5 Å². The molecular weight excluding hydrogens is 350 g/mol. The molecule has 0 spiro atoms. The van der Waals surface area contributed by atoms with Crippen molar-refractivity contribution in [3.8, 4) is 22.1 Å². The van der Waals surface area contributed by atoms with Gasteiger partial charge in [-0.05, 0) is 30.2 Å². The standard InChI is InChI=1S/C19H17N3O3S/c1-2-14(12-6-4-3-5-7-12)17(23)20-19-22-21-18(26-19)13-8-9-15-16(10-13)25-11-24-15/h3-10,14H,2,11H2,1H3,(H,20,22,23). The summed E-state index contributed by atoms with van der Waals surface area (Å²) in [5.41, 5.74) is 1.87. The van der Waals surface area contributed by atoms with Gasteiger partial charge in [-0.25, -0.2) is 0 Å². The van der Waals surface area contributed by atoms with Crippen molar-refractivity contribution in [2.45, 2.75) is 19.3 Å². The van der Waals surface area contributed by atoms with Gasteiger partial charge in [0, 0.05) is 5.56 Å². The van der Waals surface area contributed by atoms with Gasteiger partial charge in [-0.15, -0.1) is 10.2 Å². The number of nitrogens with one attached hydrogen (secondary N) is 1. The molecule has 1 aromatic heterocycles. The summed E-state index contributed by atoms with van der Waals surface area (Å²) in [6.07, 6.45) is 0.712. The first-order valence-corrected chi connectivity index (χ1v) is 9.15. The highest BCUT2D eigenvalue weighted by molar-refractivity contribution is 7.18. The van der Waals surface area contributed by atoms with Crippen LogP contribution in [0.4, 0.5) is 5.13 Å². The normalized spacial score (nSPS) is 13.4. The molecule has 0 fully saturated rings. The predicted octanol–water partition coefficient (Wildman–Crippen LogP) is 4.07. The fourth-order valence-corrected chi connectivity index (χ4v) is 3.61.